The number of rotatable bonds is 19. The van der Waals surface area contributed by atoms with Crippen LogP contribution in [0.1, 0.15) is 107 Å². The van der Waals surface area contributed by atoms with Crippen LogP contribution >= 0.6 is 0 Å². The summed E-state index contributed by atoms with van der Waals surface area (Å²) in [5.41, 5.74) is 2.27. The first-order valence-corrected chi connectivity index (χ1v) is 15.6. The van der Waals surface area contributed by atoms with E-state index in [1.165, 1.54) is 32.1 Å². The Morgan fingerprint density at radius 1 is 0.690 bits per heavy atom. The topological polar surface area (TPSA) is 44.8 Å². The second-order valence-electron chi connectivity index (χ2n) is 11.0. The van der Waals surface area contributed by atoms with Crippen molar-refractivity contribution < 1.29 is 27.8 Å². The monoisotopic (exact) mass is 580 g/mol. The lowest BCUT2D eigenvalue weighted by molar-refractivity contribution is 0.0308. The van der Waals surface area contributed by atoms with Crippen molar-refractivity contribution in [3.8, 4) is 22.6 Å². The standard InChI is InChI=1S/C36H46F2O4/c1-4-6-8-10-11-13-23-40-31-21-19-30(20-22-31)29-17-15-28(16-18-29)26-41-32-24-33(37)35(34(38)25-32)36(39)42-27(3)14-12-9-7-5-2/h15-22,24-25,27H,4-14,23,26H2,1-3H3. The normalized spacial score (nSPS) is 11.7. The second-order valence-corrected chi connectivity index (χ2v) is 11.0. The van der Waals surface area contributed by atoms with Crippen LogP contribution in [0.15, 0.2) is 60.7 Å². The maximum Gasteiger partial charge on any atom is 0.344 e. The van der Waals surface area contributed by atoms with Crippen molar-refractivity contribution in [2.24, 2.45) is 0 Å². The zero-order valence-electron chi connectivity index (χ0n) is 25.4. The maximum atomic E-state index is 14.7. The van der Waals surface area contributed by atoms with Crippen LogP contribution < -0.4 is 9.47 Å². The molecule has 0 heterocycles. The summed E-state index contributed by atoms with van der Waals surface area (Å²) in [7, 11) is 0. The molecule has 0 spiro atoms. The van der Waals surface area contributed by atoms with Crippen LogP contribution in [0.2, 0.25) is 0 Å². The fourth-order valence-electron chi connectivity index (χ4n) is 4.76. The zero-order valence-corrected chi connectivity index (χ0v) is 25.4. The molecule has 0 aromatic heterocycles. The van der Waals surface area contributed by atoms with Crippen molar-refractivity contribution in [2.45, 2.75) is 104 Å². The van der Waals surface area contributed by atoms with Gasteiger partial charge in [-0.1, -0.05) is 102 Å². The highest BCUT2D eigenvalue weighted by Gasteiger charge is 2.22. The van der Waals surface area contributed by atoms with Gasteiger partial charge in [-0.05, 0) is 55.0 Å². The molecule has 42 heavy (non-hydrogen) atoms. The predicted octanol–water partition coefficient (Wildman–Crippen LogP) is 10.5. The SMILES string of the molecule is CCCCCCCCOc1ccc(-c2ccc(COc3cc(F)c(C(=O)OC(C)CCCCCC)c(F)c3)cc2)cc1. The van der Waals surface area contributed by atoms with E-state index in [1.54, 1.807) is 6.92 Å². The van der Waals surface area contributed by atoms with Gasteiger partial charge in [0, 0.05) is 12.1 Å². The maximum absolute atomic E-state index is 14.7. The fraction of sp³-hybridized carbons (Fsp3) is 0.472. The van der Waals surface area contributed by atoms with Gasteiger partial charge in [-0.25, -0.2) is 13.6 Å². The van der Waals surface area contributed by atoms with Crippen LogP contribution in [0.5, 0.6) is 11.5 Å². The summed E-state index contributed by atoms with van der Waals surface area (Å²) in [4.78, 5) is 12.4. The molecule has 4 nitrogen and oxygen atoms in total. The Bertz CT molecular complexity index is 1190. The van der Waals surface area contributed by atoms with Crippen molar-refractivity contribution in [3.63, 3.8) is 0 Å². The lowest BCUT2D eigenvalue weighted by Crippen LogP contribution is -2.17. The van der Waals surface area contributed by atoms with Gasteiger partial charge in [-0.3, -0.25) is 0 Å². The van der Waals surface area contributed by atoms with E-state index in [0.717, 1.165) is 73.3 Å². The zero-order chi connectivity index (χ0) is 30.2. The lowest BCUT2D eigenvalue weighted by atomic mass is 10.0. The van der Waals surface area contributed by atoms with E-state index in [1.807, 2.05) is 48.5 Å². The summed E-state index contributed by atoms with van der Waals surface area (Å²) < 4.78 is 46.1. The Hall–Kier alpha value is -3.41. The van der Waals surface area contributed by atoms with E-state index in [0.29, 0.717) is 6.42 Å². The molecule has 6 heteroatoms. The third kappa shape index (κ3) is 11.1. The molecule has 0 radical (unpaired) electrons. The Morgan fingerprint density at radius 3 is 1.86 bits per heavy atom. The number of ether oxygens (including phenoxy) is 3. The molecule has 0 N–H and O–H groups in total. The quantitative estimate of drug-likeness (QED) is 0.105. The molecule has 1 atom stereocenters. The minimum absolute atomic E-state index is 0.00906. The average molecular weight is 581 g/mol. The first-order chi connectivity index (χ1) is 20.4. The smallest absolute Gasteiger partial charge is 0.344 e. The highest BCUT2D eigenvalue weighted by Crippen LogP contribution is 2.26. The third-order valence-corrected chi connectivity index (χ3v) is 7.31. The van der Waals surface area contributed by atoms with Gasteiger partial charge in [0.05, 0.1) is 12.7 Å². The highest BCUT2D eigenvalue weighted by atomic mass is 19.1. The van der Waals surface area contributed by atoms with Crippen molar-refractivity contribution in [1.29, 1.82) is 0 Å². The van der Waals surface area contributed by atoms with Gasteiger partial charge in [0.25, 0.3) is 0 Å². The number of carbonyl (C=O) groups excluding carboxylic acids is 1. The molecule has 3 rings (SSSR count). The second kappa shape index (κ2) is 18.2. The molecular weight excluding hydrogens is 534 g/mol. The van der Waals surface area contributed by atoms with Crippen molar-refractivity contribution in [3.05, 3.63) is 83.4 Å². The number of hydrogen-bond donors (Lipinski definition) is 0. The van der Waals surface area contributed by atoms with E-state index in [4.69, 9.17) is 14.2 Å². The number of halogens is 2. The van der Waals surface area contributed by atoms with Gasteiger partial charge in [-0.2, -0.15) is 0 Å². The molecule has 0 fully saturated rings. The van der Waals surface area contributed by atoms with Crippen molar-refractivity contribution in [1.82, 2.24) is 0 Å². The lowest BCUT2D eigenvalue weighted by Gasteiger charge is -2.14. The molecule has 0 aliphatic carbocycles. The number of carbonyl (C=O) groups is 1. The van der Waals surface area contributed by atoms with Gasteiger partial charge >= 0.3 is 5.97 Å². The first-order valence-electron chi connectivity index (χ1n) is 15.6. The van der Waals surface area contributed by atoms with Gasteiger partial charge in [0.2, 0.25) is 0 Å². The Labute approximate surface area is 250 Å². The minimum Gasteiger partial charge on any atom is -0.494 e. The van der Waals surface area contributed by atoms with Crippen molar-refractivity contribution in [2.75, 3.05) is 6.61 Å². The van der Waals surface area contributed by atoms with Crippen LogP contribution in [0.4, 0.5) is 8.78 Å². The summed E-state index contributed by atoms with van der Waals surface area (Å²) in [6, 6.07) is 17.9. The number of hydrogen-bond acceptors (Lipinski definition) is 4. The molecule has 0 amide bonds. The van der Waals surface area contributed by atoms with Gasteiger partial charge < -0.3 is 14.2 Å². The summed E-state index contributed by atoms with van der Waals surface area (Å²) in [6.45, 7) is 6.95. The van der Waals surface area contributed by atoms with Crippen LogP contribution in [0.3, 0.4) is 0 Å². The molecule has 3 aromatic carbocycles. The highest BCUT2D eigenvalue weighted by molar-refractivity contribution is 5.90. The molecular formula is C36H46F2O4. The average Bonchev–Trinajstić information content (AvgIpc) is 2.98. The fourth-order valence-corrected chi connectivity index (χ4v) is 4.76. The van der Waals surface area contributed by atoms with E-state index in [-0.39, 0.29) is 12.4 Å². The van der Waals surface area contributed by atoms with Gasteiger partial charge in [0.1, 0.15) is 35.3 Å². The van der Waals surface area contributed by atoms with E-state index >= 15 is 0 Å². The Morgan fingerprint density at radius 2 is 1.24 bits per heavy atom. The summed E-state index contributed by atoms with van der Waals surface area (Å²) >= 11 is 0. The molecule has 0 bridgehead atoms. The van der Waals surface area contributed by atoms with E-state index in [9.17, 15) is 13.6 Å². The third-order valence-electron chi connectivity index (χ3n) is 7.31. The number of esters is 1. The molecule has 3 aromatic rings. The largest absolute Gasteiger partial charge is 0.494 e. The van der Waals surface area contributed by atoms with Gasteiger partial charge in [0.15, 0.2) is 0 Å². The molecule has 0 saturated carbocycles. The van der Waals surface area contributed by atoms with E-state index in [2.05, 4.69) is 13.8 Å². The summed E-state index contributed by atoms with van der Waals surface area (Å²) in [6.07, 6.45) is 11.8. The summed E-state index contributed by atoms with van der Waals surface area (Å²) in [5, 5.41) is 0. The predicted molar refractivity (Wildman–Crippen MR) is 165 cm³/mol. The Kier molecular flexibility index (Phi) is 14.3. The summed E-state index contributed by atoms with van der Waals surface area (Å²) in [5.74, 6) is -2.11. The molecule has 0 saturated heterocycles. The minimum atomic E-state index is -0.997. The van der Waals surface area contributed by atoms with Crippen LogP contribution in [-0.2, 0) is 11.3 Å². The van der Waals surface area contributed by atoms with Crippen LogP contribution in [0, 0.1) is 11.6 Å². The van der Waals surface area contributed by atoms with Crippen LogP contribution in [0.25, 0.3) is 11.1 Å². The van der Waals surface area contributed by atoms with Crippen molar-refractivity contribution >= 4 is 5.97 Å². The van der Waals surface area contributed by atoms with E-state index < -0.39 is 29.3 Å². The number of benzene rings is 3. The van der Waals surface area contributed by atoms with Gasteiger partial charge in [-0.15, -0.1) is 0 Å². The Balaban J connectivity index is 1.47. The molecule has 0 aliphatic rings. The first kappa shape index (κ1) is 33.1. The van der Waals surface area contributed by atoms with Crippen LogP contribution in [-0.4, -0.2) is 18.7 Å². The molecule has 1 unspecified atom stereocenters. The number of unbranched alkanes of at least 4 members (excludes halogenated alkanes) is 8. The molecule has 0 aliphatic heterocycles. The molecule has 228 valence electrons.